The van der Waals surface area contributed by atoms with Gasteiger partial charge in [-0.1, -0.05) is 6.07 Å². The first kappa shape index (κ1) is 14.8. The van der Waals surface area contributed by atoms with E-state index in [1.807, 2.05) is 6.92 Å². The molecule has 0 saturated carbocycles. The highest BCUT2D eigenvalue weighted by atomic mass is 32.2. The lowest BCUT2D eigenvalue weighted by Gasteiger charge is -2.30. The van der Waals surface area contributed by atoms with Crippen LogP contribution in [0.5, 0.6) is 0 Å². The molecule has 0 unspecified atom stereocenters. The second-order valence-electron chi connectivity index (χ2n) is 5.30. The summed E-state index contributed by atoms with van der Waals surface area (Å²) in [5.41, 5.74) is 2.00. The van der Waals surface area contributed by atoms with Crippen LogP contribution in [0.2, 0.25) is 0 Å². The Balaban J connectivity index is 2.46. The predicted octanol–water partition coefficient (Wildman–Crippen LogP) is 1.63. The van der Waals surface area contributed by atoms with Crippen molar-refractivity contribution in [2.45, 2.75) is 19.8 Å². The van der Waals surface area contributed by atoms with Crippen molar-refractivity contribution >= 4 is 21.6 Å². The number of rotatable bonds is 2. The van der Waals surface area contributed by atoms with Gasteiger partial charge in [0.05, 0.1) is 11.4 Å². The number of aryl methyl sites for hydroxylation is 1. The summed E-state index contributed by atoms with van der Waals surface area (Å²) in [6.07, 6.45) is 1.55. The van der Waals surface area contributed by atoms with Gasteiger partial charge in [0.15, 0.2) is 0 Å². The van der Waals surface area contributed by atoms with Gasteiger partial charge in [0, 0.05) is 26.2 Å². The van der Waals surface area contributed by atoms with Crippen LogP contribution in [-0.2, 0) is 10.0 Å². The number of anilines is 1. The second kappa shape index (κ2) is 5.44. The zero-order chi connectivity index (χ0) is 14.9. The first-order valence-electron chi connectivity index (χ1n) is 6.65. The van der Waals surface area contributed by atoms with E-state index >= 15 is 0 Å². The molecule has 2 rings (SSSR count). The minimum atomic E-state index is -3.25. The van der Waals surface area contributed by atoms with Gasteiger partial charge in [-0.25, -0.2) is 8.42 Å². The van der Waals surface area contributed by atoms with E-state index in [0.29, 0.717) is 24.2 Å². The maximum atomic E-state index is 12.2. The van der Waals surface area contributed by atoms with Crippen LogP contribution in [0.1, 0.15) is 28.8 Å². The number of hydrogen-bond donors (Lipinski definition) is 0. The highest BCUT2D eigenvalue weighted by Gasteiger charge is 2.27. The van der Waals surface area contributed by atoms with E-state index in [4.69, 9.17) is 0 Å². The number of nitrogens with zero attached hydrogens (tertiary/aromatic N) is 2. The summed E-state index contributed by atoms with van der Waals surface area (Å²) >= 11 is 0. The summed E-state index contributed by atoms with van der Waals surface area (Å²) in [7, 11) is 0.107. The molecule has 1 fully saturated rings. The molecule has 1 aliphatic heterocycles. The predicted molar refractivity (Wildman–Crippen MR) is 79.6 cm³/mol. The third-order valence-electron chi connectivity index (χ3n) is 3.48. The number of carbonyl (C=O) groups is 1. The maximum Gasteiger partial charge on any atom is 0.253 e. The highest BCUT2D eigenvalue weighted by Crippen LogP contribution is 2.28. The molecular formula is C14H20N2O3S. The summed E-state index contributed by atoms with van der Waals surface area (Å²) in [4.78, 5) is 13.5. The molecule has 0 aromatic heterocycles. The Morgan fingerprint density at radius 2 is 1.95 bits per heavy atom. The topological polar surface area (TPSA) is 57.7 Å². The third-order valence-corrected chi connectivity index (χ3v) is 5.34. The minimum Gasteiger partial charge on any atom is -0.345 e. The van der Waals surface area contributed by atoms with Crippen LogP contribution < -0.4 is 4.31 Å². The van der Waals surface area contributed by atoms with Crippen molar-refractivity contribution in [3.05, 3.63) is 29.3 Å². The molecule has 1 aromatic carbocycles. The molecule has 0 radical (unpaired) electrons. The lowest BCUT2D eigenvalue weighted by atomic mass is 10.1. The summed E-state index contributed by atoms with van der Waals surface area (Å²) < 4.78 is 25.8. The molecule has 1 saturated heterocycles. The SMILES string of the molecule is Cc1ccc(C(=O)N(C)C)cc1N1CCCCS1(=O)=O. The quantitative estimate of drug-likeness (QED) is 0.833. The Labute approximate surface area is 120 Å². The van der Waals surface area contributed by atoms with Crippen LogP contribution >= 0.6 is 0 Å². The summed E-state index contributed by atoms with van der Waals surface area (Å²) in [6, 6.07) is 5.22. The van der Waals surface area contributed by atoms with E-state index in [-0.39, 0.29) is 11.7 Å². The fraction of sp³-hybridized carbons (Fsp3) is 0.500. The van der Waals surface area contributed by atoms with Gasteiger partial charge in [-0.05, 0) is 37.5 Å². The van der Waals surface area contributed by atoms with E-state index in [1.165, 1.54) is 9.21 Å². The van der Waals surface area contributed by atoms with E-state index < -0.39 is 10.0 Å². The number of sulfonamides is 1. The smallest absolute Gasteiger partial charge is 0.253 e. The van der Waals surface area contributed by atoms with Gasteiger partial charge in [-0.3, -0.25) is 9.10 Å². The summed E-state index contributed by atoms with van der Waals surface area (Å²) in [5, 5.41) is 0. The van der Waals surface area contributed by atoms with Gasteiger partial charge in [-0.2, -0.15) is 0 Å². The van der Waals surface area contributed by atoms with Crippen molar-refractivity contribution in [1.82, 2.24) is 4.90 Å². The van der Waals surface area contributed by atoms with Crippen molar-refractivity contribution in [1.29, 1.82) is 0 Å². The Bertz CT molecular complexity index is 623. The number of benzene rings is 1. The monoisotopic (exact) mass is 296 g/mol. The molecule has 1 aliphatic rings. The number of amides is 1. The normalized spacial score (nSPS) is 17.9. The Kier molecular flexibility index (Phi) is 4.04. The molecule has 0 N–H and O–H groups in total. The largest absolute Gasteiger partial charge is 0.345 e. The summed E-state index contributed by atoms with van der Waals surface area (Å²) in [6.45, 7) is 2.35. The van der Waals surface area contributed by atoms with Gasteiger partial charge < -0.3 is 4.90 Å². The molecule has 1 heterocycles. The zero-order valence-electron chi connectivity index (χ0n) is 12.1. The molecule has 6 heteroatoms. The molecule has 1 aromatic rings. The lowest BCUT2D eigenvalue weighted by molar-refractivity contribution is 0.0827. The van der Waals surface area contributed by atoms with Crippen LogP contribution in [0.3, 0.4) is 0 Å². The third kappa shape index (κ3) is 2.80. The van der Waals surface area contributed by atoms with Crippen LogP contribution in [0.15, 0.2) is 18.2 Å². The second-order valence-corrected chi connectivity index (χ2v) is 7.31. The van der Waals surface area contributed by atoms with E-state index in [1.54, 1.807) is 32.3 Å². The maximum absolute atomic E-state index is 12.2. The average Bonchev–Trinajstić information content (AvgIpc) is 2.38. The van der Waals surface area contributed by atoms with Crippen LogP contribution in [-0.4, -0.2) is 45.6 Å². The van der Waals surface area contributed by atoms with Crippen LogP contribution in [0.4, 0.5) is 5.69 Å². The number of carbonyl (C=O) groups excluding carboxylic acids is 1. The Morgan fingerprint density at radius 3 is 2.55 bits per heavy atom. The first-order valence-corrected chi connectivity index (χ1v) is 8.26. The molecule has 0 spiro atoms. The Hall–Kier alpha value is -1.56. The molecule has 0 bridgehead atoms. The van der Waals surface area contributed by atoms with Crippen LogP contribution in [0.25, 0.3) is 0 Å². The van der Waals surface area contributed by atoms with Crippen LogP contribution in [0, 0.1) is 6.92 Å². The van der Waals surface area contributed by atoms with Crippen molar-refractivity contribution in [2.75, 3.05) is 30.7 Å². The fourth-order valence-electron chi connectivity index (χ4n) is 2.33. The van der Waals surface area contributed by atoms with Gasteiger partial charge in [0.25, 0.3) is 5.91 Å². The molecular weight excluding hydrogens is 276 g/mol. The Morgan fingerprint density at radius 1 is 1.25 bits per heavy atom. The molecule has 1 amide bonds. The lowest BCUT2D eigenvalue weighted by Crippen LogP contribution is -2.38. The molecule has 0 atom stereocenters. The molecule has 110 valence electrons. The average molecular weight is 296 g/mol. The first-order chi connectivity index (χ1) is 9.33. The van der Waals surface area contributed by atoms with Crippen molar-refractivity contribution in [3.63, 3.8) is 0 Å². The van der Waals surface area contributed by atoms with E-state index in [0.717, 1.165) is 12.0 Å². The molecule has 0 aliphatic carbocycles. The van der Waals surface area contributed by atoms with E-state index in [2.05, 4.69) is 0 Å². The zero-order valence-corrected chi connectivity index (χ0v) is 12.9. The van der Waals surface area contributed by atoms with Gasteiger partial charge >= 0.3 is 0 Å². The standard InChI is InChI=1S/C14H20N2O3S/c1-11-6-7-12(14(17)15(2)3)10-13(11)16-8-4-5-9-20(16,18)19/h6-7,10H,4-5,8-9H2,1-3H3. The van der Waals surface area contributed by atoms with Gasteiger partial charge in [0.1, 0.15) is 0 Å². The van der Waals surface area contributed by atoms with Gasteiger partial charge in [-0.15, -0.1) is 0 Å². The fourth-order valence-corrected chi connectivity index (χ4v) is 4.02. The molecule has 5 nitrogen and oxygen atoms in total. The highest BCUT2D eigenvalue weighted by molar-refractivity contribution is 7.92. The van der Waals surface area contributed by atoms with Crippen molar-refractivity contribution < 1.29 is 13.2 Å². The van der Waals surface area contributed by atoms with E-state index in [9.17, 15) is 13.2 Å². The van der Waals surface area contributed by atoms with Crippen molar-refractivity contribution in [3.8, 4) is 0 Å². The minimum absolute atomic E-state index is 0.124. The number of hydrogen-bond acceptors (Lipinski definition) is 3. The molecule has 20 heavy (non-hydrogen) atoms. The van der Waals surface area contributed by atoms with Crippen molar-refractivity contribution in [2.24, 2.45) is 0 Å². The van der Waals surface area contributed by atoms with Gasteiger partial charge in [0.2, 0.25) is 10.0 Å². The summed E-state index contributed by atoms with van der Waals surface area (Å²) in [5.74, 6) is 0.0545.